The topological polar surface area (TPSA) is 78.9 Å². The lowest BCUT2D eigenvalue weighted by Gasteiger charge is -2.32. The molecule has 1 aliphatic carbocycles. The number of esters is 1. The summed E-state index contributed by atoms with van der Waals surface area (Å²) in [4.78, 5) is 24.1. The molecule has 0 bridgehead atoms. The van der Waals surface area contributed by atoms with Crippen LogP contribution in [-0.2, 0) is 16.0 Å². The number of ether oxygens (including phenoxy) is 1. The fourth-order valence-corrected chi connectivity index (χ4v) is 4.27. The van der Waals surface area contributed by atoms with Crippen molar-refractivity contribution in [3.8, 4) is 11.1 Å². The Labute approximate surface area is 176 Å². The summed E-state index contributed by atoms with van der Waals surface area (Å²) in [6, 6.07) is 12.0. The third-order valence-electron chi connectivity index (χ3n) is 5.71. The molecule has 1 saturated heterocycles. The van der Waals surface area contributed by atoms with Crippen molar-refractivity contribution in [1.82, 2.24) is 5.01 Å². The summed E-state index contributed by atoms with van der Waals surface area (Å²) < 4.78 is 5.65. The molecule has 6 heteroatoms. The SMILES string of the molecule is CC(C)(C)OC(=O)c1ccc(NN2CCC(C(=O)O)CC2)c2c1Cc1ccccc1-2. The fourth-order valence-electron chi connectivity index (χ4n) is 4.27. The summed E-state index contributed by atoms with van der Waals surface area (Å²) in [7, 11) is 0. The van der Waals surface area contributed by atoms with Crippen molar-refractivity contribution in [2.45, 2.75) is 45.6 Å². The van der Waals surface area contributed by atoms with Gasteiger partial charge >= 0.3 is 11.9 Å². The summed E-state index contributed by atoms with van der Waals surface area (Å²) >= 11 is 0. The molecule has 30 heavy (non-hydrogen) atoms. The predicted octanol–water partition coefficient (Wildman–Crippen LogP) is 4.34. The van der Waals surface area contributed by atoms with Gasteiger partial charge in [0.2, 0.25) is 0 Å². The fraction of sp³-hybridized carbons (Fsp3) is 0.417. The van der Waals surface area contributed by atoms with Crippen LogP contribution in [0.25, 0.3) is 11.1 Å². The number of hydrogen-bond donors (Lipinski definition) is 2. The maximum atomic E-state index is 12.9. The lowest BCUT2D eigenvalue weighted by Crippen LogP contribution is -2.40. The van der Waals surface area contributed by atoms with Gasteiger partial charge in [-0.25, -0.2) is 9.80 Å². The molecule has 0 spiro atoms. The molecule has 0 saturated carbocycles. The Morgan fingerprint density at radius 3 is 2.47 bits per heavy atom. The molecule has 0 unspecified atom stereocenters. The van der Waals surface area contributed by atoms with Crippen LogP contribution < -0.4 is 5.43 Å². The van der Waals surface area contributed by atoms with E-state index in [0.717, 1.165) is 22.4 Å². The number of carboxylic acids is 1. The minimum Gasteiger partial charge on any atom is -0.481 e. The minimum absolute atomic E-state index is 0.274. The Morgan fingerprint density at radius 1 is 1.10 bits per heavy atom. The monoisotopic (exact) mass is 408 g/mol. The second-order valence-corrected chi connectivity index (χ2v) is 9.06. The standard InChI is InChI=1S/C24H28N2O4/c1-24(2,3)30-23(29)18-8-9-20(25-26-12-10-15(11-13-26)22(27)28)21-17-7-5-4-6-16(17)14-19(18)21/h4-9,15,25H,10-14H2,1-3H3,(H,27,28). The van der Waals surface area contributed by atoms with Crippen LogP contribution in [0.5, 0.6) is 0 Å². The number of anilines is 1. The Balaban J connectivity index is 1.66. The summed E-state index contributed by atoms with van der Waals surface area (Å²) in [6.07, 6.45) is 1.94. The zero-order chi connectivity index (χ0) is 21.5. The van der Waals surface area contributed by atoms with E-state index >= 15 is 0 Å². The summed E-state index contributed by atoms with van der Waals surface area (Å²) in [5.41, 5.74) is 8.81. The first kappa shape index (κ1) is 20.4. The first-order chi connectivity index (χ1) is 14.2. The van der Waals surface area contributed by atoms with Gasteiger partial charge in [0.15, 0.2) is 0 Å². The number of benzene rings is 2. The first-order valence-electron chi connectivity index (χ1n) is 10.4. The van der Waals surface area contributed by atoms with E-state index in [4.69, 9.17) is 4.74 Å². The van der Waals surface area contributed by atoms with Crippen LogP contribution in [0.15, 0.2) is 36.4 Å². The number of nitrogens with one attached hydrogen (secondary N) is 1. The number of rotatable bonds is 4. The number of carbonyl (C=O) groups is 2. The van der Waals surface area contributed by atoms with E-state index in [9.17, 15) is 14.7 Å². The second-order valence-electron chi connectivity index (χ2n) is 9.06. The molecule has 0 atom stereocenters. The largest absolute Gasteiger partial charge is 0.481 e. The van der Waals surface area contributed by atoms with Crippen LogP contribution in [0.4, 0.5) is 5.69 Å². The zero-order valence-corrected chi connectivity index (χ0v) is 17.7. The molecule has 1 heterocycles. The normalized spacial score (nSPS) is 16.6. The highest BCUT2D eigenvalue weighted by atomic mass is 16.6. The highest BCUT2D eigenvalue weighted by Gasteiger charge is 2.30. The Bertz CT molecular complexity index is 985. The molecule has 2 N–H and O–H groups in total. The van der Waals surface area contributed by atoms with Crippen LogP contribution in [-0.4, -0.2) is 40.7 Å². The molecule has 1 aliphatic heterocycles. The average Bonchev–Trinajstić information content (AvgIpc) is 3.07. The highest BCUT2D eigenvalue weighted by molar-refractivity contribution is 5.99. The number of piperidine rings is 1. The van der Waals surface area contributed by atoms with E-state index in [2.05, 4.69) is 22.6 Å². The van der Waals surface area contributed by atoms with E-state index < -0.39 is 11.6 Å². The predicted molar refractivity (Wildman–Crippen MR) is 115 cm³/mol. The van der Waals surface area contributed by atoms with E-state index in [0.29, 0.717) is 37.9 Å². The van der Waals surface area contributed by atoms with Crippen LogP contribution in [0.2, 0.25) is 0 Å². The lowest BCUT2D eigenvalue weighted by atomic mass is 9.97. The van der Waals surface area contributed by atoms with Gasteiger partial charge in [-0.05, 0) is 68.9 Å². The maximum absolute atomic E-state index is 12.9. The molecule has 4 rings (SSSR count). The van der Waals surface area contributed by atoms with Crippen molar-refractivity contribution in [2.75, 3.05) is 18.5 Å². The quantitative estimate of drug-likeness (QED) is 0.626. The van der Waals surface area contributed by atoms with E-state index in [1.807, 2.05) is 45.0 Å². The first-order valence-corrected chi connectivity index (χ1v) is 10.4. The molecule has 6 nitrogen and oxygen atoms in total. The van der Waals surface area contributed by atoms with Crippen molar-refractivity contribution in [3.05, 3.63) is 53.1 Å². The smallest absolute Gasteiger partial charge is 0.338 e. The lowest BCUT2D eigenvalue weighted by molar-refractivity contribution is -0.143. The van der Waals surface area contributed by atoms with Gasteiger partial charge in [0.1, 0.15) is 5.60 Å². The molecule has 0 amide bonds. The van der Waals surface area contributed by atoms with Gasteiger partial charge < -0.3 is 15.3 Å². The molecule has 1 fully saturated rings. The summed E-state index contributed by atoms with van der Waals surface area (Å²) in [5.74, 6) is -1.30. The number of hydrazine groups is 1. The molecule has 2 aromatic carbocycles. The molecular weight excluding hydrogens is 380 g/mol. The van der Waals surface area contributed by atoms with E-state index in [1.54, 1.807) is 0 Å². The average molecular weight is 408 g/mol. The molecule has 2 aromatic rings. The van der Waals surface area contributed by atoms with Crippen LogP contribution in [0.1, 0.15) is 55.1 Å². The second kappa shape index (κ2) is 7.76. The van der Waals surface area contributed by atoms with E-state index in [1.165, 1.54) is 5.56 Å². The van der Waals surface area contributed by atoms with Crippen LogP contribution in [0, 0.1) is 5.92 Å². The Kier molecular flexibility index (Phi) is 5.28. The summed E-state index contributed by atoms with van der Waals surface area (Å²) in [6.45, 7) is 6.95. The van der Waals surface area contributed by atoms with E-state index in [-0.39, 0.29) is 11.9 Å². The minimum atomic E-state index is -0.716. The van der Waals surface area contributed by atoms with Gasteiger partial charge in [-0.3, -0.25) is 4.79 Å². The van der Waals surface area contributed by atoms with Crippen LogP contribution in [0.3, 0.4) is 0 Å². The zero-order valence-electron chi connectivity index (χ0n) is 17.7. The number of carbonyl (C=O) groups excluding carboxylic acids is 1. The highest BCUT2D eigenvalue weighted by Crippen LogP contribution is 2.43. The Morgan fingerprint density at radius 2 is 1.80 bits per heavy atom. The van der Waals surface area contributed by atoms with Gasteiger partial charge in [-0.15, -0.1) is 0 Å². The third kappa shape index (κ3) is 4.05. The third-order valence-corrected chi connectivity index (χ3v) is 5.71. The molecule has 158 valence electrons. The number of hydrogen-bond acceptors (Lipinski definition) is 5. The number of nitrogens with zero attached hydrogens (tertiary/aromatic N) is 1. The molecule has 0 radical (unpaired) electrons. The van der Waals surface area contributed by atoms with Gasteiger partial charge in [-0.1, -0.05) is 24.3 Å². The van der Waals surface area contributed by atoms with Gasteiger partial charge in [0.05, 0.1) is 17.2 Å². The van der Waals surface area contributed by atoms with Crippen molar-refractivity contribution in [2.24, 2.45) is 5.92 Å². The molecular formula is C24H28N2O4. The van der Waals surface area contributed by atoms with Gasteiger partial charge in [0, 0.05) is 18.7 Å². The van der Waals surface area contributed by atoms with Crippen molar-refractivity contribution in [3.63, 3.8) is 0 Å². The number of fused-ring (bicyclic) bond motifs is 3. The molecule has 0 aromatic heterocycles. The van der Waals surface area contributed by atoms with Crippen LogP contribution >= 0.6 is 0 Å². The van der Waals surface area contributed by atoms with Crippen molar-refractivity contribution >= 4 is 17.6 Å². The van der Waals surface area contributed by atoms with Gasteiger partial charge in [-0.2, -0.15) is 0 Å². The molecule has 2 aliphatic rings. The maximum Gasteiger partial charge on any atom is 0.338 e. The number of carboxylic acid groups (broad SMARTS) is 1. The van der Waals surface area contributed by atoms with Gasteiger partial charge in [0.25, 0.3) is 0 Å². The van der Waals surface area contributed by atoms with Crippen molar-refractivity contribution in [1.29, 1.82) is 0 Å². The Hall–Kier alpha value is -2.86. The number of aliphatic carboxylic acids is 1. The van der Waals surface area contributed by atoms with Crippen molar-refractivity contribution < 1.29 is 19.4 Å². The summed E-state index contributed by atoms with van der Waals surface area (Å²) in [5, 5.41) is 11.3.